The molecule has 0 radical (unpaired) electrons. The first-order valence-corrected chi connectivity index (χ1v) is 7.88. The van der Waals surface area contributed by atoms with E-state index in [1.54, 1.807) is 12.1 Å². The molecule has 4 N–H and O–H groups in total. The van der Waals surface area contributed by atoms with Gasteiger partial charge >= 0.3 is 5.97 Å². The molecular formula is C17H23NO3. The lowest BCUT2D eigenvalue weighted by Gasteiger charge is -2.49. The Bertz CT molecular complexity index is 565. The van der Waals surface area contributed by atoms with Crippen molar-refractivity contribution < 1.29 is 15.0 Å². The molecular weight excluding hydrogens is 266 g/mol. The molecule has 0 unspecified atom stereocenters. The van der Waals surface area contributed by atoms with Gasteiger partial charge in [0.1, 0.15) is 11.3 Å². The number of hydrogen-bond donors (Lipinski definition) is 3. The number of aryl methyl sites for hydroxylation is 1. The van der Waals surface area contributed by atoms with E-state index in [1.165, 1.54) is 19.3 Å². The number of hydrogen-bond acceptors (Lipinski definition) is 3. The Morgan fingerprint density at radius 3 is 2.86 bits per heavy atom. The van der Waals surface area contributed by atoms with Crippen molar-refractivity contribution in [3.63, 3.8) is 0 Å². The van der Waals surface area contributed by atoms with Crippen LogP contribution in [0.15, 0.2) is 12.1 Å². The Hall–Kier alpha value is -1.55. The lowest BCUT2D eigenvalue weighted by atomic mass is 9.56. The number of carboxylic acid groups (broad SMARTS) is 1. The van der Waals surface area contributed by atoms with E-state index in [2.05, 4.69) is 0 Å². The van der Waals surface area contributed by atoms with Crippen LogP contribution in [0.2, 0.25) is 0 Å². The standard InChI is InChI=1S/C17H23NO3/c18-8-7-17-6-2-1-3-12(17)5-4-11-9-13(16(20)21)15(19)10-14(11)17/h9-10,12,19H,1-8,18H2,(H,20,21)/t12-,17+/m1/s1. The van der Waals surface area contributed by atoms with Crippen LogP contribution in [0, 0.1) is 5.92 Å². The largest absolute Gasteiger partial charge is 0.507 e. The van der Waals surface area contributed by atoms with Crippen LogP contribution in [0.1, 0.15) is 60.0 Å². The van der Waals surface area contributed by atoms with E-state index in [4.69, 9.17) is 5.73 Å². The molecule has 0 heterocycles. The minimum atomic E-state index is -1.06. The molecule has 4 heteroatoms. The number of phenols is 1. The summed E-state index contributed by atoms with van der Waals surface area (Å²) in [4.78, 5) is 11.2. The van der Waals surface area contributed by atoms with Gasteiger partial charge in [0, 0.05) is 0 Å². The molecule has 0 aromatic heterocycles. The zero-order valence-electron chi connectivity index (χ0n) is 12.3. The summed E-state index contributed by atoms with van der Waals surface area (Å²) in [5.74, 6) is -0.546. The zero-order chi connectivity index (χ0) is 15.0. The molecule has 2 aliphatic rings. The van der Waals surface area contributed by atoms with Crippen molar-refractivity contribution in [2.75, 3.05) is 6.54 Å². The molecule has 4 nitrogen and oxygen atoms in total. The molecule has 0 aliphatic heterocycles. The highest BCUT2D eigenvalue weighted by molar-refractivity contribution is 5.91. The lowest BCUT2D eigenvalue weighted by molar-refractivity contribution is 0.0693. The second-order valence-electron chi connectivity index (χ2n) is 6.51. The highest BCUT2D eigenvalue weighted by atomic mass is 16.4. The van der Waals surface area contributed by atoms with Crippen molar-refractivity contribution >= 4 is 5.97 Å². The molecule has 2 aliphatic carbocycles. The van der Waals surface area contributed by atoms with Crippen molar-refractivity contribution in [3.8, 4) is 5.75 Å². The summed E-state index contributed by atoms with van der Waals surface area (Å²) in [6, 6.07) is 3.39. The van der Waals surface area contributed by atoms with Gasteiger partial charge in [-0.3, -0.25) is 0 Å². The molecule has 21 heavy (non-hydrogen) atoms. The molecule has 0 saturated heterocycles. The number of aromatic carboxylic acids is 1. The third-order valence-corrected chi connectivity index (χ3v) is 5.55. The number of aromatic hydroxyl groups is 1. The van der Waals surface area contributed by atoms with E-state index in [0.29, 0.717) is 12.5 Å². The molecule has 0 spiro atoms. The highest BCUT2D eigenvalue weighted by Gasteiger charge is 2.45. The first-order chi connectivity index (χ1) is 10.1. The van der Waals surface area contributed by atoms with E-state index >= 15 is 0 Å². The Balaban J connectivity index is 2.13. The summed E-state index contributed by atoms with van der Waals surface area (Å²) in [7, 11) is 0. The average Bonchev–Trinajstić information content (AvgIpc) is 2.47. The molecule has 2 atom stereocenters. The minimum absolute atomic E-state index is 0.0194. The maximum atomic E-state index is 11.2. The van der Waals surface area contributed by atoms with Crippen LogP contribution >= 0.6 is 0 Å². The van der Waals surface area contributed by atoms with Gasteiger partial charge < -0.3 is 15.9 Å². The first-order valence-electron chi connectivity index (χ1n) is 7.88. The predicted molar refractivity (Wildman–Crippen MR) is 80.7 cm³/mol. The molecule has 0 bridgehead atoms. The van der Waals surface area contributed by atoms with Crippen LogP contribution in [-0.4, -0.2) is 22.7 Å². The van der Waals surface area contributed by atoms with Crippen molar-refractivity contribution in [2.24, 2.45) is 11.7 Å². The van der Waals surface area contributed by atoms with Crippen LogP contribution < -0.4 is 5.73 Å². The topological polar surface area (TPSA) is 83.6 Å². The monoisotopic (exact) mass is 289 g/mol. The fraction of sp³-hybridized carbons (Fsp3) is 0.588. The summed E-state index contributed by atoms with van der Waals surface area (Å²) in [5, 5.41) is 19.3. The van der Waals surface area contributed by atoms with E-state index in [1.807, 2.05) is 0 Å². The number of nitrogens with two attached hydrogens (primary N) is 1. The van der Waals surface area contributed by atoms with Crippen LogP contribution in [-0.2, 0) is 11.8 Å². The Morgan fingerprint density at radius 2 is 2.14 bits per heavy atom. The summed E-state index contributed by atoms with van der Waals surface area (Å²) in [5.41, 5.74) is 8.20. The maximum Gasteiger partial charge on any atom is 0.339 e. The second-order valence-corrected chi connectivity index (χ2v) is 6.51. The number of rotatable bonds is 3. The SMILES string of the molecule is NCC[C@@]12CCCC[C@@H]1CCc1cc(C(=O)O)c(O)cc12. The van der Waals surface area contributed by atoms with Gasteiger partial charge in [-0.2, -0.15) is 0 Å². The summed E-state index contributed by atoms with van der Waals surface area (Å²) in [6.07, 6.45) is 7.73. The highest BCUT2D eigenvalue weighted by Crippen LogP contribution is 2.52. The van der Waals surface area contributed by atoms with Gasteiger partial charge in [0.2, 0.25) is 0 Å². The van der Waals surface area contributed by atoms with E-state index in [9.17, 15) is 15.0 Å². The van der Waals surface area contributed by atoms with Gasteiger partial charge in [0.25, 0.3) is 0 Å². The minimum Gasteiger partial charge on any atom is -0.507 e. The van der Waals surface area contributed by atoms with Crippen LogP contribution in [0.25, 0.3) is 0 Å². The Labute approximate surface area is 125 Å². The molecule has 1 fully saturated rings. The van der Waals surface area contributed by atoms with E-state index < -0.39 is 5.97 Å². The van der Waals surface area contributed by atoms with Crippen molar-refractivity contribution in [3.05, 3.63) is 28.8 Å². The molecule has 0 amide bonds. The number of fused-ring (bicyclic) bond motifs is 3. The Kier molecular flexibility index (Phi) is 3.66. The number of carboxylic acids is 1. The van der Waals surface area contributed by atoms with Gasteiger partial charge in [-0.25, -0.2) is 4.79 Å². The van der Waals surface area contributed by atoms with Gasteiger partial charge in [0.15, 0.2) is 0 Å². The third-order valence-electron chi connectivity index (χ3n) is 5.55. The predicted octanol–water partition coefficient (Wildman–Crippen LogP) is 2.81. The van der Waals surface area contributed by atoms with Gasteiger partial charge in [-0.1, -0.05) is 12.8 Å². The smallest absolute Gasteiger partial charge is 0.339 e. The van der Waals surface area contributed by atoms with E-state index in [0.717, 1.165) is 36.8 Å². The fourth-order valence-corrected chi connectivity index (χ4v) is 4.61. The van der Waals surface area contributed by atoms with Gasteiger partial charge in [-0.05, 0) is 73.2 Å². The lowest BCUT2D eigenvalue weighted by Crippen LogP contribution is -2.43. The Morgan fingerprint density at radius 1 is 1.33 bits per heavy atom. The van der Waals surface area contributed by atoms with Crippen LogP contribution in [0.5, 0.6) is 5.75 Å². The molecule has 3 rings (SSSR count). The second kappa shape index (κ2) is 5.34. The third kappa shape index (κ3) is 2.22. The fourth-order valence-electron chi connectivity index (χ4n) is 4.61. The zero-order valence-corrected chi connectivity index (χ0v) is 12.3. The molecule has 114 valence electrons. The summed E-state index contributed by atoms with van der Waals surface area (Å²) in [6.45, 7) is 0.636. The normalized spacial score (nSPS) is 27.8. The van der Waals surface area contributed by atoms with Crippen molar-refractivity contribution in [1.82, 2.24) is 0 Å². The quantitative estimate of drug-likeness (QED) is 0.799. The molecule has 1 aromatic carbocycles. The molecule has 1 aromatic rings. The van der Waals surface area contributed by atoms with Gasteiger partial charge in [-0.15, -0.1) is 0 Å². The maximum absolute atomic E-state index is 11.2. The van der Waals surface area contributed by atoms with E-state index in [-0.39, 0.29) is 16.7 Å². The number of benzene rings is 1. The van der Waals surface area contributed by atoms with Crippen LogP contribution in [0.4, 0.5) is 0 Å². The number of carbonyl (C=O) groups is 1. The summed E-state index contributed by atoms with van der Waals surface area (Å²) >= 11 is 0. The first kappa shape index (κ1) is 14.4. The van der Waals surface area contributed by atoms with Crippen molar-refractivity contribution in [2.45, 2.75) is 50.4 Å². The van der Waals surface area contributed by atoms with Gasteiger partial charge in [0.05, 0.1) is 0 Å². The summed E-state index contributed by atoms with van der Waals surface area (Å²) < 4.78 is 0. The molecule has 1 saturated carbocycles. The van der Waals surface area contributed by atoms with Crippen molar-refractivity contribution in [1.29, 1.82) is 0 Å². The average molecular weight is 289 g/mol. The van der Waals surface area contributed by atoms with Crippen LogP contribution in [0.3, 0.4) is 0 Å².